The Kier molecular flexibility index (Phi) is 7.20. The third-order valence-corrected chi connectivity index (χ3v) is 5.70. The first kappa shape index (κ1) is 23.8. The van der Waals surface area contributed by atoms with E-state index in [2.05, 4.69) is 20.6 Å². The molecule has 2 heterocycles. The number of hydrogen-bond donors (Lipinski definition) is 3. The van der Waals surface area contributed by atoms with Gasteiger partial charge in [-0.15, -0.1) is 0 Å². The smallest absolute Gasteiger partial charge is 0.274 e. The number of aliphatic hydroxyl groups is 1. The van der Waals surface area contributed by atoms with Gasteiger partial charge in [-0.25, -0.2) is 18.7 Å². The fourth-order valence-electron chi connectivity index (χ4n) is 3.75. The van der Waals surface area contributed by atoms with Gasteiger partial charge in [0.2, 0.25) is 0 Å². The van der Waals surface area contributed by atoms with Gasteiger partial charge in [0.05, 0.1) is 35.7 Å². The zero-order valence-electron chi connectivity index (χ0n) is 18.2. The van der Waals surface area contributed by atoms with Crippen molar-refractivity contribution in [1.29, 1.82) is 0 Å². The second-order valence-electron chi connectivity index (χ2n) is 7.60. The number of methoxy groups -OCH3 is 1. The van der Waals surface area contributed by atoms with E-state index in [0.29, 0.717) is 25.3 Å². The van der Waals surface area contributed by atoms with E-state index in [1.54, 1.807) is 6.07 Å². The van der Waals surface area contributed by atoms with Crippen LogP contribution in [-0.4, -0.2) is 60.4 Å². The van der Waals surface area contributed by atoms with Crippen LogP contribution in [0.25, 0.3) is 11.4 Å². The van der Waals surface area contributed by atoms with E-state index in [1.165, 1.54) is 37.6 Å². The van der Waals surface area contributed by atoms with Crippen molar-refractivity contribution in [2.24, 2.45) is 0 Å². The van der Waals surface area contributed by atoms with Crippen molar-refractivity contribution >= 4 is 28.9 Å². The minimum Gasteiger partial charge on any atom is -0.496 e. The zero-order valence-corrected chi connectivity index (χ0v) is 18.9. The molecule has 1 unspecified atom stereocenters. The molecular weight excluding hydrogens is 468 g/mol. The van der Waals surface area contributed by atoms with Gasteiger partial charge < -0.3 is 25.4 Å². The SMILES string of the molecule is COc1cccc(F)c1-c1nccc(C(=O)Nc2cc(F)c(Cl)cc2N2CCNC(CO)C2)n1. The lowest BCUT2D eigenvalue weighted by Gasteiger charge is -2.35. The Morgan fingerprint density at radius 2 is 2.15 bits per heavy atom. The number of amides is 1. The topological polar surface area (TPSA) is 99.6 Å². The number of aliphatic hydroxyl groups excluding tert-OH is 1. The normalized spacial score (nSPS) is 15.8. The third-order valence-electron chi connectivity index (χ3n) is 5.41. The summed E-state index contributed by atoms with van der Waals surface area (Å²) in [5.74, 6) is -1.75. The van der Waals surface area contributed by atoms with Crippen molar-refractivity contribution in [3.05, 3.63) is 64.9 Å². The minimum atomic E-state index is -0.700. The van der Waals surface area contributed by atoms with Gasteiger partial charge in [-0.05, 0) is 24.3 Å². The van der Waals surface area contributed by atoms with Crippen LogP contribution in [0.3, 0.4) is 0 Å². The molecule has 178 valence electrons. The molecule has 8 nitrogen and oxygen atoms in total. The molecule has 1 amide bonds. The standard InChI is InChI=1S/C23H22ClF2N5O3/c1-34-20-4-2-3-15(25)21(20)22-28-6-5-17(29-22)23(33)30-18-10-16(26)14(24)9-19(18)31-8-7-27-13(11-31)12-32/h2-6,9-10,13,27,32H,7-8,11-12H2,1H3,(H,30,33). The van der Waals surface area contributed by atoms with Gasteiger partial charge in [0, 0.05) is 37.9 Å². The molecule has 3 aromatic rings. The number of halogens is 3. The van der Waals surface area contributed by atoms with Crippen molar-refractivity contribution in [3.63, 3.8) is 0 Å². The minimum absolute atomic E-state index is 0.0220. The molecule has 11 heteroatoms. The van der Waals surface area contributed by atoms with E-state index in [9.17, 15) is 18.7 Å². The van der Waals surface area contributed by atoms with Crippen LogP contribution < -0.4 is 20.3 Å². The van der Waals surface area contributed by atoms with E-state index in [-0.39, 0.29) is 46.2 Å². The number of carbonyl (C=O) groups excluding carboxylic acids is 1. The van der Waals surface area contributed by atoms with Gasteiger partial charge in [0.25, 0.3) is 5.91 Å². The van der Waals surface area contributed by atoms with E-state index < -0.39 is 17.5 Å². The lowest BCUT2D eigenvalue weighted by Crippen LogP contribution is -2.52. The number of anilines is 2. The molecule has 4 rings (SSSR count). The van der Waals surface area contributed by atoms with Crippen molar-refractivity contribution in [3.8, 4) is 17.1 Å². The molecule has 0 saturated carbocycles. The van der Waals surface area contributed by atoms with Crippen LogP contribution in [0, 0.1) is 11.6 Å². The molecule has 0 bridgehead atoms. The molecule has 1 fully saturated rings. The summed E-state index contributed by atoms with van der Waals surface area (Å²) in [5.41, 5.74) is 0.665. The lowest BCUT2D eigenvalue weighted by molar-refractivity contribution is 0.102. The van der Waals surface area contributed by atoms with Gasteiger partial charge in [0.15, 0.2) is 5.82 Å². The molecule has 0 aliphatic carbocycles. The quantitative estimate of drug-likeness (QED) is 0.489. The third kappa shape index (κ3) is 4.93. The van der Waals surface area contributed by atoms with E-state index >= 15 is 0 Å². The maximum absolute atomic E-state index is 14.5. The molecule has 34 heavy (non-hydrogen) atoms. The number of carbonyl (C=O) groups is 1. The van der Waals surface area contributed by atoms with Crippen molar-refractivity contribution in [1.82, 2.24) is 15.3 Å². The van der Waals surface area contributed by atoms with Crippen molar-refractivity contribution < 1.29 is 23.4 Å². The first-order valence-electron chi connectivity index (χ1n) is 10.5. The summed E-state index contributed by atoms with van der Waals surface area (Å²) in [6, 6.07) is 8.04. The molecule has 1 aliphatic rings. The highest BCUT2D eigenvalue weighted by Gasteiger charge is 2.24. The summed E-state index contributed by atoms with van der Waals surface area (Å²) in [6.45, 7) is 1.52. The Morgan fingerprint density at radius 3 is 2.91 bits per heavy atom. The van der Waals surface area contributed by atoms with Crippen molar-refractivity contribution in [2.45, 2.75) is 6.04 Å². The number of ether oxygens (including phenoxy) is 1. The molecule has 0 spiro atoms. The number of hydrogen-bond acceptors (Lipinski definition) is 7. The Hall–Kier alpha value is -3.34. The number of benzene rings is 2. The number of piperazine rings is 1. The van der Waals surface area contributed by atoms with Crippen LogP contribution in [0.2, 0.25) is 5.02 Å². The van der Waals surface area contributed by atoms with E-state index in [1.807, 2.05) is 4.90 Å². The van der Waals surface area contributed by atoms with E-state index in [0.717, 1.165) is 6.07 Å². The van der Waals surface area contributed by atoms with Crippen LogP contribution in [0.1, 0.15) is 10.5 Å². The predicted octanol–water partition coefficient (Wildman–Crippen LogP) is 3.11. The van der Waals surface area contributed by atoms with Crippen LogP contribution >= 0.6 is 11.6 Å². The Bertz CT molecular complexity index is 1210. The highest BCUT2D eigenvalue weighted by Crippen LogP contribution is 2.33. The Balaban J connectivity index is 1.65. The zero-order chi connectivity index (χ0) is 24.2. The summed E-state index contributed by atoms with van der Waals surface area (Å²) >= 11 is 6.01. The van der Waals surface area contributed by atoms with Gasteiger partial charge in [-0.3, -0.25) is 4.79 Å². The van der Waals surface area contributed by atoms with Gasteiger partial charge >= 0.3 is 0 Å². The Labute approximate surface area is 199 Å². The highest BCUT2D eigenvalue weighted by atomic mass is 35.5. The van der Waals surface area contributed by atoms with Gasteiger partial charge in [-0.1, -0.05) is 17.7 Å². The van der Waals surface area contributed by atoms with Gasteiger partial charge in [-0.2, -0.15) is 0 Å². The molecular formula is C23H22ClF2N5O3. The van der Waals surface area contributed by atoms with Crippen molar-refractivity contribution in [2.75, 3.05) is 43.6 Å². The van der Waals surface area contributed by atoms with Gasteiger partial charge in [0.1, 0.15) is 23.1 Å². The fourth-order valence-corrected chi connectivity index (χ4v) is 3.91. The van der Waals surface area contributed by atoms with Crippen LogP contribution in [0.15, 0.2) is 42.6 Å². The maximum Gasteiger partial charge on any atom is 0.274 e. The molecule has 0 radical (unpaired) electrons. The molecule has 2 aromatic carbocycles. The Morgan fingerprint density at radius 1 is 1.32 bits per heavy atom. The first-order valence-corrected chi connectivity index (χ1v) is 10.8. The van der Waals surface area contributed by atoms with Crippen LogP contribution in [0.4, 0.5) is 20.2 Å². The maximum atomic E-state index is 14.5. The number of nitrogens with one attached hydrogen (secondary N) is 2. The number of rotatable bonds is 6. The molecule has 1 aromatic heterocycles. The summed E-state index contributed by atoms with van der Waals surface area (Å²) in [5, 5.41) is 15.2. The largest absolute Gasteiger partial charge is 0.496 e. The van der Waals surface area contributed by atoms with Crippen LogP contribution in [0.5, 0.6) is 5.75 Å². The molecule has 1 atom stereocenters. The monoisotopic (exact) mass is 489 g/mol. The summed E-state index contributed by atoms with van der Waals surface area (Å²) in [7, 11) is 1.39. The first-order chi connectivity index (χ1) is 16.4. The highest BCUT2D eigenvalue weighted by molar-refractivity contribution is 6.31. The molecule has 3 N–H and O–H groups in total. The second-order valence-corrected chi connectivity index (χ2v) is 8.01. The average molecular weight is 490 g/mol. The lowest BCUT2D eigenvalue weighted by atomic mass is 10.1. The number of nitrogens with zero attached hydrogens (tertiary/aromatic N) is 3. The average Bonchev–Trinajstić information content (AvgIpc) is 2.86. The van der Waals surface area contributed by atoms with Crippen LogP contribution in [-0.2, 0) is 0 Å². The van der Waals surface area contributed by atoms with E-state index in [4.69, 9.17) is 16.3 Å². The number of aromatic nitrogens is 2. The molecule has 1 aliphatic heterocycles. The summed E-state index contributed by atoms with van der Waals surface area (Å²) in [4.78, 5) is 23.2. The fraction of sp³-hybridized carbons (Fsp3) is 0.261. The summed E-state index contributed by atoms with van der Waals surface area (Å²) < 4.78 is 34.0. The predicted molar refractivity (Wildman–Crippen MR) is 124 cm³/mol. The second kappa shape index (κ2) is 10.3. The summed E-state index contributed by atoms with van der Waals surface area (Å²) in [6.07, 6.45) is 1.33. The molecule has 1 saturated heterocycles.